The fraction of sp³-hybridized carbons (Fsp3) is 0.375. The van der Waals surface area contributed by atoms with Crippen LogP contribution < -0.4 is 16.4 Å². The largest absolute Gasteiger partial charge is 0.369 e. The molecule has 0 atom stereocenters. The molecular formula is C8H12ClN5O. The monoisotopic (exact) mass is 229 g/mol. The maximum Gasteiger partial charge on any atom is 0.223 e. The van der Waals surface area contributed by atoms with Crippen molar-refractivity contribution < 1.29 is 4.79 Å². The summed E-state index contributed by atoms with van der Waals surface area (Å²) in [6.45, 7) is 0.465. The minimum Gasteiger partial charge on any atom is -0.369 e. The number of hydrogen-bond acceptors (Lipinski definition) is 5. The number of nitrogens with zero attached hydrogens (tertiary/aromatic N) is 2. The molecule has 82 valence electrons. The first-order chi connectivity index (χ1) is 7.11. The SMILES string of the molecule is CNC(=O)CCNc1cc(Cl)nc(N)n1. The van der Waals surface area contributed by atoms with Crippen LogP contribution in [-0.2, 0) is 4.79 Å². The van der Waals surface area contributed by atoms with E-state index in [1.54, 1.807) is 13.1 Å². The summed E-state index contributed by atoms with van der Waals surface area (Å²) in [7, 11) is 1.59. The van der Waals surface area contributed by atoms with Crippen LogP contribution in [0.3, 0.4) is 0 Å². The lowest BCUT2D eigenvalue weighted by Gasteiger charge is -2.05. The van der Waals surface area contributed by atoms with Crippen molar-refractivity contribution >= 4 is 29.3 Å². The maximum absolute atomic E-state index is 10.9. The lowest BCUT2D eigenvalue weighted by molar-refractivity contribution is -0.120. The van der Waals surface area contributed by atoms with Gasteiger partial charge in [0, 0.05) is 26.1 Å². The number of amides is 1. The topological polar surface area (TPSA) is 92.9 Å². The Bertz CT molecular complexity index is 337. The Labute approximate surface area is 92.2 Å². The number of nitrogens with two attached hydrogens (primary N) is 1. The summed E-state index contributed by atoms with van der Waals surface area (Å²) in [6.07, 6.45) is 0.359. The zero-order valence-corrected chi connectivity index (χ0v) is 9.01. The third-order valence-corrected chi connectivity index (χ3v) is 1.84. The Balaban J connectivity index is 2.47. The second-order valence-corrected chi connectivity index (χ2v) is 3.17. The molecule has 15 heavy (non-hydrogen) atoms. The molecule has 6 nitrogen and oxygen atoms in total. The predicted octanol–water partition coefficient (Wildman–Crippen LogP) is 0.260. The molecule has 1 aromatic heterocycles. The number of nitrogen functional groups attached to an aromatic ring is 1. The van der Waals surface area contributed by atoms with Crippen molar-refractivity contribution in [2.24, 2.45) is 0 Å². The van der Waals surface area contributed by atoms with Crippen LogP contribution in [0.5, 0.6) is 0 Å². The van der Waals surface area contributed by atoms with Gasteiger partial charge in [-0.2, -0.15) is 4.98 Å². The van der Waals surface area contributed by atoms with Crippen molar-refractivity contribution in [2.75, 3.05) is 24.6 Å². The summed E-state index contributed by atoms with van der Waals surface area (Å²) in [6, 6.07) is 1.54. The van der Waals surface area contributed by atoms with Gasteiger partial charge >= 0.3 is 0 Å². The van der Waals surface area contributed by atoms with E-state index in [1.807, 2.05) is 0 Å². The molecule has 1 heterocycles. The van der Waals surface area contributed by atoms with E-state index in [0.717, 1.165) is 0 Å². The fourth-order valence-corrected chi connectivity index (χ4v) is 1.14. The zero-order valence-electron chi connectivity index (χ0n) is 8.25. The highest BCUT2D eigenvalue weighted by molar-refractivity contribution is 6.29. The fourth-order valence-electron chi connectivity index (χ4n) is 0.955. The summed E-state index contributed by atoms with van der Waals surface area (Å²) in [4.78, 5) is 18.5. The van der Waals surface area contributed by atoms with E-state index >= 15 is 0 Å². The molecular weight excluding hydrogens is 218 g/mol. The molecule has 1 aromatic rings. The molecule has 0 radical (unpaired) electrons. The van der Waals surface area contributed by atoms with E-state index in [1.165, 1.54) is 0 Å². The molecule has 0 fully saturated rings. The van der Waals surface area contributed by atoms with Crippen LogP contribution in [0.1, 0.15) is 6.42 Å². The van der Waals surface area contributed by atoms with Crippen LogP contribution in [0.25, 0.3) is 0 Å². The van der Waals surface area contributed by atoms with E-state index in [9.17, 15) is 4.79 Å². The third-order valence-electron chi connectivity index (χ3n) is 1.65. The Kier molecular flexibility index (Phi) is 4.11. The molecule has 1 amide bonds. The van der Waals surface area contributed by atoms with E-state index in [-0.39, 0.29) is 17.0 Å². The first-order valence-electron chi connectivity index (χ1n) is 4.36. The van der Waals surface area contributed by atoms with Gasteiger partial charge < -0.3 is 16.4 Å². The second kappa shape index (κ2) is 5.35. The molecule has 0 aromatic carbocycles. The van der Waals surface area contributed by atoms with Gasteiger partial charge in [-0.15, -0.1) is 0 Å². The van der Waals surface area contributed by atoms with Gasteiger partial charge in [-0.25, -0.2) is 4.98 Å². The number of aromatic nitrogens is 2. The second-order valence-electron chi connectivity index (χ2n) is 2.78. The molecule has 0 bridgehead atoms. The Morgan fingerprint density at radius 2 is 2.33 bits per heavy atom. The van der Waals surface area contributed by atoms with E-state index in [0.29, 0.717) is 18.8 Å². The summed E-state index contributed by atoms with van der Waals surface area (Å²) < 4.78 is 0. The lowest BCUT2D eigenvalue weighted by Crippen LogP contribution is -2.21. The highest BCUT2D eigenvalue weighted by Gasteiger charge is 2.01. The average Bonchev–Trinajstić information content (AvgIpc) is 2.16. The van der Waals surface area contributed by atoms with Crippen LogP contribution in [0.15, 0.2) is 6.07 Å². The molecule has 0 spiro atoms. The zero-order chi connectivity index (χ0) is 11.3. The lowest BCUT2D eigenvalue weighted by atomic mass is 10.4. The van der Waals surface area contributed by atoms with Gasteiger partial charge in [-0.1, -0.05) is 11.6 Å². The molecule has 0 aliphatic rings. The molecule has 0 unspecified atom stereocenters. The van der Waals surface area contributed by atoms with Crippen LogP contribution in [0.2, 0.25) is 5.15 Å². The average molecular weight is 230 g/mol. The van der Waals surface area contributed by atoms with Gasteiger partial charge in [0.25, 0.3) is 0 Å². The highest BCUT2D eigenvalue weighted by Crippen LogP contribution is 2.11. The summed E-state index contributed by atoms with van der Waals surface area (Å²) >= 11 is 5.67. The number of carbonyl (C=O) groups is 1. The van der Waals surface area contributed by atoms with E-state index < -0.39 is 0 Å². The molecule has 4 N–H and O–H groups in total. The van der Waals surface area contributed by atoms with Gasteiger partial charge in [0.2, 0.25) is 11.9 Å². The van der Waals surface area contributed by atoms with Crippen molar-refractivity contribution in [3.63, 3.8) is 0 Å². The molecule has 0 saturated heterocycles. The molecule has 7 heteroatoms. The predicted molar refractivity (Wildman–Crippen MR) is 58.6 cm³/mol. The number of hydrogen-bond donors (Lipinski definition) is 3. The van der Waals surface area contributed by atoms with Crippen LogP contribution in [-0.4, -0.2) is 29.5 Å². The molecule has 0 aliphatic heterocycles. The van der Waals surface area contributed by atoms with Crippen molar-refractivity contribution in [3.05, 3.63) is 11.2 Å². The van der Waals surface area contributed by atoms with E-state index in [2.05, 4.69) is 20.6 Å². The Morgan fingerprint density at radius 3 is 2.93 bits per heavy atom. The number of nitrogens with one attached hydrogen (secondary N) is 2. The molecule has 0 aliphatic carbocycles. The first-order valence-corrected chi connectivity index (χ1v) is 4.74. The van der Waals surface area contributed by atoms with Gasteiger partial charge in [-0.05, 0) is 0 Å². The van der Waals surface area contributed by atoms with Crippen LogP contribution >= 0.6 is 11.6 Å². The Morgan fingerprint density at radius 1 is 1.60 bits per heavy atom. The smallest absolute Gasteiger partial charge is 0.223 e. The maximum atomic E-state index is 10.9. The quantitative estimate of drug-likeness (QED) is 0.644. The van der Waals surface area contributed by atoms with Gasteiger partial charge in [0.15, 0.2) is 0 Å². The number of anilines is 2. The van der Waals surface area contributed by atoms with Gasteiger partial charge in [-0.3, -0.25) is 4.79 Å². The number of rotatable bonds is 4. The third kappa shape index (κ3) is 3.99. The minimum atomic E-state index is -0.0457. The van der Waals surface area contributed by atoms with Crippen molar-refractivity contribution in [1.29, 1.82) is 0 Å². The first kappa shape index (κ1) is 11.5. The standard InChI is InChI=1S/C8H12ClN5O/c1-11-7(15)2-3-12-6-4-5(9)13-8(10)14-6/h4H,2-3H2,1H3,(H,11,15)(H3,10,12,13,14). The highest BCUT2D eigenvalue weighted by atomic mass is 35.5. The van der Waals surface area contributed by atoms with E-state index in [4.69, 9.17) is 17.3 Å². The van der Waals surface area contributed by atoms with Gasteiger partial charge in [0.1, 0.15) is 11.0 Å². The number of carbonyl (C=O) groups excluding carboxylic acids is 1. The van der Waals surface area contributed by atoms with Crippen LogP contribution in [0, 0.1) is 0 Å². The normalized spacial score (nSPS) is 9.73. The summed E-state index contributed by atoms with van der Waals surface area (Å²) in [5, 5.41) is 5.70. The summed E-state index contributed by atoms with van der Waals surface area (Å²) in [5.41, 5.74) is 5.39. The van der Waals surface area contributed by atoms with Crippen molar-refractivity contribution in [1.82, 2.24) is 15.3 Å². The Hall–Kier alpha value is -1.56. The summed E-state index contributed by atoms with van der Waals surface area (Å²) in [5.74, 6) is 0.567. The van der Waals surface area contributed by atoms with Crippen molar-refractivity contribution in [2.45, 2.75) is 6.42 Å². The van der Waals surface area contributed by atoms with Crippen molar-refractivity contribution in [3.8, 4) is 0 Å². The van der Waals surface area contributed by atoms with Gasteiger partial charge in [0.05, 0.1) is 0 Å². The molecule has 0 saturated carbocycles. The minimum absolute atomic E-state index is 0.0457. The number of halogens is 1. The molecule has 1 rings (SSSR count). The van der Waals surface area contributed by atoms with Crippen LogP contribution in [0.4, 0.5) is 11.8 Å².